The Balaban J connectivity index is 2.42. The molecule has 0 aliphatic carbocycles. The molecule has 0 saturated heterocycles. The number of carbonyl (C=O) groups excluding carboxylic acids is 3. The van der Waals surface area contributed by atoms with Gasteiger partial charge in [0.05, 0.1) is 6.54 Å². The smallest absolute Gasteiger partial charge is 0.318 e. The minimum Gasteiger partial charge on any atom is -0.359 e. The lowest BCUT2D eigenvalue weighted by Gasteiger charge is -2.30. The summed E-state index contributed by atoms with van der Waals surface area (Å²) in [4.78, 5) is 44.6. The van der Waals surface area contributed by atoms with E-state index in [0.29, 0.717) is 18.9 Å². The molecule has 152 valence electrons. The highest BCUT2D eigenvalue weighted by atomic mass is 16.2. The van der Waals surface area contributed by atoms with Crippen LogP contribution in [0.2, 0.25) is 0 Å². The normalized spacial score (nSPS) is 18.1. The molecule has 0 aromatic rings. The zero-order valence-corrected chi connectivity index (χ0v) is 15.9. The summed E-state index contributed by atoms with van der Waals surface area (Å²) in [7, 11) is 4.98. The number of guanidine groups is 2. The predicted molar refractivity (Wildman–Crippen MR) is 102 cm³/mol. The monoisotopic (exact) mass is 383 g/mol. The van der Waals surface area contributed by atoms with Crippen LogP contribution in [0.1, 0.15) is 19.3 Å². The van der Waals surface area contributed by atoms with Crippen LogP contribution in [0.3, 0.4) is 0 Å². The molecule has 0 fully saturated rings. The molecule has 1 aliphatic rings. The van der Waals surface area contributed by atoms with Gasteiger partial charge in [0.2, 0.25) is 11.9 Å². The third kappa shape index (κ3) is 7.48. The fourth-order valence-electron chi connectivity index (χ4n) is 2.48. The number of amides is 4. The van der Waals surface area contributed by atoms with E-state index in [-0.39, 0.29) is 30.9 Å². The summed E-state index contributed by atoms with van der Waals surface area (Å²) >= 11 is 0. The first-order valence-corrected chi connectivity index (χ1v) is 8.59. The number of carbonyl (C=O) groups is 3. The maximum atomic E-state index is 12.4. The van der Waals surface area contributed by atoms with E-state index in [1.54, 1.807) is 14.1 Å². The van der Waals surface area contributed by atoms with E-state index >= 15 is 0 Å². The average Bonchev–Trinajstić information content (AvgIpc) is 2.61. The van der Waals surface area contributed by atoms with Gasteiger partial charge in [0.1, 0.15) is 6.04 Å². The first-order valence-electron chi connectivity index (χ1n) is 8.59. The SMILES string of the molecule is CN=C(NC)NCCC[C@H](N)CC(=O)N(C)C1CN=C(NC(N)=O)NC1=O. The number of hydrogen-bond acceptors (Lipinski definition) is 6. The topological polar surface area (TPSA) is 179 Å². The largest absolute Gasteiger partial charge is 0.359 e. The average molecular weight is 383 g/mol. The molecular formula is C15H29N9O3. The number of rotatable bonds is 7. The summed E-state index contributed by atoms with van der Waals surface area (Å²) in [5.74, 6) is -0.0252. The molecule has 1 aliphatic heterocycles. The number of nitrogens with one attached hydrogen (secondary N) is 4. The highest BCUT2D eigenvalue weighted by Crippen LogP contribution is 2.07. The van der Waals surface area contributed by atoms with E-state index < -0.39 is 18.0 Å². The van der Waals surface area contributed by atoms with E-state index in [1.807, 2.05) is 0 Å². The Morgan fingerprint density at radius 2 is 2.19 bits per heavy atom. The lowest BCUT2D eigenvalue weighted by Crippen LogP contribution is -2.58. The Labute approximate surface area is 158 Å². The first kappa shape index (κ1) is 22.2. The van der Waals surface area contributed by atoms with Crippen LogP contribution in [0.4, 0.5) is 4.79 Å². The second-order valence-electron chi connectivity index (χ2n) is 6.04. The quantitative estimate of drug-likeness (QED) is 0.158. The molecule has 1 unspecified atom stereocenters. The van der Waals surface area contributed by atoms with E-state index in [2.05, 4.69) is 31.3 Å². The third-order valence-electron chi connectivity index (χ3n) is 4.01. The van der Waals surface area contributed by atoms with Crippen molar-refractivity contribution >= 4 is 29.8 Å². The van der Waals surface area contributed by atoms with Gasteiger partial charge in [-0.25, -0.2) is 9.79 Å². The molecule has 27 heavy (non-hydrogen) atoms. The zero-order valence-electron chi connectivity index (χ0n) is 15.9. The number of nitrogens with zero attached hydrogens (tertiary/aromatic N) is 3. The van der Waals surface area contributed by atoms with Crippen LogP contribution in [0.15, 0.2) is 9.98 Å². The molecule has 12 nitrogen and oxygen atoms in total. The van der Waals surface area contributed by atoms with Gasteiger partial charge in [-0.05, 0) is 12.8 Å². The maximum Gasteiger partial charge on any atom is 0.318 e. The molecule has 8 N–H and O–H groups in total. The molecule has 1 rings (SSSR count). The second kappa shape index (κ2) is 11.0. The van der Waals surface area contributed by atoms with Crippen molar-refractivity contribution in [2.45, 2.75) is 31.3 Å². The molecule has 2 atom stereocenters. The van der Waals surface area contributed by atoms with Crippen LogP contribution in [0, 0.1) is 0 Å². The van der Waals surface area contributed by atoms with Crippen molar-refractivity contribution in [2.75, 3.05) is 34.2 Å². The van der Waals surface area contributed by atoms with Crippen LogP contribution in [-0.2, 0) is 9.59 Å². The van der Waals surface area contributed by atoms with E-state index in [9.17, 15) is 14.4 Å². The summed E-state index contributed by atoms with van der Waals surface area (Å²) in [5.41, 5.74) is 11.0. The molecule has 1 heterocycles. The standard InChI is InChI=1S/C15H29N9O3/c1-18-14(19-2)20-6-4-5-9(16)7-11(25)24(3)10-8-21-15(22-12(10)26)23-13(17)27/h9-10H,4-8,16H2,1-3H3,(H2,18,19,20)(H4,17,21,22,23,26,27)/t9-,10?/m0/s1. The second-order valence-corrected chi connectivity index (χ2v) is 6.04. The minimum atomic E-state index is -0.829. The number of likely N-dealkylation sites (N-methyl/N-ethyl adjacent to an activating group) is 1. The molecule has 4 amide bonds. The number of primary amides is 1. The number of urea groups is 1. The van der Waals surface area contributed by atoms with E-state index in [1.165, 1.54) is 11.9 Å². The van der Waals surface area contributed by atoms with Crippen molar-refractivity contribution in [3.63, 3.8) is 0 Å². The van der Waals surface area contributed by atoms with Crippen molar-refractivity contribution in [1.82, 2.24) is 26.2 Å². The molecule has 12 heteroatoms. The number of hydrogen-bond donors (Lipinski definition) is 6. The van der Waals surface area contributed by atoms with E-state index in [4.69, 9.17) is 11.5 Å². The van der Waals surface area contributed by atoms with Crippen LogP contribution in [0.5, 0.6) is 0 Å². The summed E-state index contributed by atoms with van der Waals surface area (Å²) in [6, 6.07) is -1.91. The summed E-state index contributed by atoms with van der Waals surface area (Å²) < 4.78 is 0. The van der Waals surface area contributed by atoms with Gasteiger partial charge >= 0.3 is 6.03 Å². The van der Waals surface area contributed by atoms with Crippen molar-refractivity contribution in [3.8, 4) is 0 Å². The van der Waals surface area contributed by atoms with Crippen LogP contribution < -0.4 is 32.7 Å². The molecular weight excluding hydrogens is 354 g/mol. The maximum absolute atomic E-state index is 12.4. The molecule has 0 spiro atoms. The summed E-state index contributed by atoms with van der Waals surface area (Å²) in [6.07, 6.45) is 1.54. The fraction of sp³-hybridized carbons (Fsp3) is 0.667. The third-order valence-corrected chi connectivity index (χ3v) is 4.01. The summed E-state index contributed by atoms with van der Waals surface area (Å²) in [6.45, 7) is 0.715. The van der Waals surface area contributed by atoms with Gasteiger partial charge in [-0.2, -0.15) is 0 Å². The Bertz CT molecular complexity index is 605. The predicted octanol–water partition coefficient (Wildman–Crippen LogP) is -2.74. The first-order chi connectivity index (χ1) is 12.8. The lowest BCUT2D eigenvalue weighted by atomic mass is 10.1. The van der Waals surface area contributed by atoms with Gasteiger partial charge in [-0.3, -0.25) is 25.2 Å². The molecule has 0 aromatic heterocycles. The lowest BCUT2D eigenvalue weighted by molar-refractivity contribution is -0.138. The van der Waals surface area contributed by atoms with Crippen LogP contribution in [-0.4, -0.2) is 81.0 Å². The fourth-order valence-corrected chi connectivity index (χ4v) is 2.48. The Morgan fingerprint density at radius 3 is 2.74 bits per heavy atom. The molecule has 0 bridgehead atoms. The van der Waals surface area contributed by atoms with Crippen LogP contribution in [0.25, 0.3) is 0 Å². The molecule has 0 saturated carbocycles. The number of aliphatic imine (C=N–C) groups is 2. The Morgan fingerprint density at radius 1 is 1.48 bits per heavy atom. The zero-order chi connectivity index (χ0) is 20.4. The Hall–Kier alpha value is -2.89. The number of nitrogens with two attached hydrogens (primary N) is 2. The molecule has 0 radical (unpaired) electrons. The van der Waals surface area contributed by atoms with Crippen molar-refractivity contribution < 1.29 is 14.4 Å². The molecule has 0 aromatic carbocycles. The van der Waals surface area contributed by atoms with Gasteiger partial charge in [-0.15, -0.1) is 0 Å². The van der Waals surface area contributed by atoms with Crippen molar-refractivity contribution in [2.24, 2.45) is 21.5 Å². The van der Waals surface area contributed by atoms with Gasteiger partial charge in [-0.1, -0.05) is 0 Å². The van der Waals surface area contributed by atoms with E-state index in [0.717, 1.165) is 6.42 Å². The Kier molecular flexibility index (Phi) is 8.99. The highest BCUT2D eigenvalue weighted by molar-refractivity contribution is 6.07. The van der Waals surface area contributed by atoms with Gasteiger partial charge in [0.25, 0.3) is 5.91 Å². The minimum absolute atomic E-state index is 0.0228. The summed E-state index contributed by atoms with van der Waals surface area (Å²) in [5, 5.41) is 10.6. The highest BCUT2D eigenvalue weighted by Gasteiger charge is 2.31. The van der Waals surface area contributed by atoms with Gasteiger partial charge < -0.3 is 27.0 Å². The van der Waals surface area contributed by atoms with Crippen molar-refractivity contribution in [3.05, 3.63) is 0 Å². The van der Waals surface area contributed by atoms with Gasteiger partial charge in [0.15, 0.2) is 5.96 Å². The van der Waals surface area contributed by atoms with Crippen LogP contribution >= 0.6 is 0 Å². The van der Waals surface area contributed by atoms with Crippen molar-refractivity contribution in [1.29, 1.82) is 0 Å². The van der Waals surface area contributed by atoms with Gasteiger partial charge in [0, 0.05) is 40.2 Å².